The minimum absolute atomic E-state index is 0.0235. The zero-order valence-corrected chi connectivity index (χ0v) is 45.3. The average Bonchev–Trinajstić information content (AvgIpc) is 3.78. The largest absolute Gasteiger partial charge is 0.481 e. The van der Waals surface area contributed by atoms with Crippen molar-refractivity contribution in [1.29, 1.82) is 0 Å². The molecule has 0 aliphatic carbocycles. The first kappa shape index (κ1) is 62.5. The number of aliphatic carboxylic acids is 1. The Morgan fingerprint density at radius 2 is 1.26 bits per heavy atom. The van der Waals surface area contributed by atoms with E-state index in [0.29, 0.717) is 47.8 Å². The second-order valence-electron chi connectivity index (χ2n) is 19.6. The summed E-state index contributed by atoms with van der Waals surface area (Å²) in [4.78, 5) is 126. The third-order valence-electron chi connectivity index (χ3n) is 12.0. The van der Waals surface area contributed by atoms with Crippen molar-refractivity contribution >= 4 is 74.7 Å². The molecule has 4 rings (SSSR count). The maximum Gasteiger partial charge on any atom is 0.446 e. The molecule has 0 aliphatic rings. The van der Waals surface area contributed by atoms with Gasteiger partial charge in [0.1, 0.15) is 54.1 Å². The van der Waals surface area contributed by atoms with Crippen molar-refractivity contribution in [3.63, 3.8) is 0 Å². The van der Waals surface area contributed by atoms with Crippen LogP contribution in [-0.2, 0) is 72.8 Å². The van der Waals surface area contributed by atoms with Crippen LogP contribution in [0, 0.1) is 0 Å². The molecule has 1 aromatic heterocycles. The Balaban J connectivity index is 1.56. The number of nitrogens with two attached hydrogens (primary N) is 1. The molecule has 6 unspecified atom stereocenters. The number of para-hydroxylation sites is 1. The van der Waals surface area contributed by atoms with Crippen LogP contribution in [-0.4, -0.2) is 130 Å². The van der Waals surface area contributed by atoms with Crippen LogP contribution in [0.5, 0.6) is 5.75 Å². The molecule has 0 radical (unpaired) electrons. The lowest BCUT2D eigenvalue weighted by molar-refractivity contribution is -0.144. The summed E-state index contributed by atoms with van der Waals surface area (Å²) in [5.41, 5.74) is 7.02. The van der Waals surface area contributed by atoms with Crippen LogP contribution in [0.25, 0.3) is 10.9 Å². The van der Waals surface area contributed by atoms with Crippen molar-refractivity contribution in [2.75, 3.05) is 7.05 Å². The van der Waals surface area contributed by atoms with Crippen LogP contribution < -0.4 is 41.8 Å². The van der Waals surface area contributed by atoms with Gasteiger partial charge in [-0.1, -0.05) is 93.8 Å². The van der Waals surface area contributed by atoms with Gasteiger partial charge in [0.25, 0.3) is 0 Å². The number of carbonyl (C=O) groups is 9. The van der Waals surface area contributed by atoms with Crippen LogP contribution in [0.15, 0.2) is 85.1 Å². The fourth-order valence-corrected chi connectivity index (χ4v) is 8.56. The zero-order valence-electron chi connectivity index (χ0n) is 44.5. The van der Waals surface area contributed by atoms with Crippen molar-refractivity contribution in [1.82, 2.24) is 41.8 Å². The molecular weight excluding hydrogens is 1030 g/mol. The number of nitrogens with zero attached hydrogens (tertiary/aromatic N) is 1. The number of aromatic amines is 1. The van der Waals surface area contributed by atoms with Gasteiger partial charge in [0, 0.05) is 43.4 Å². The van der Waals surface area contributed by atoms with Gasteiger partial charge in [-0.15, -0.1) is 0 Å². The number of fused-ring (bicyclic) bond motifs is 1. The summed E-state index contributed by atoms with van der Waals surface area (Å²) in [5, 5.41) is 25.9. The van der Waals surface area contributed by atoms with Crippen molar-refractivity contribution < 1.29 is 70.1 Å². The van der Waals surface area contributed by atoms with Gasteiger partial charge in [0.15, 0.2) is 0 Å². The van der Waals surface area contributed by atoms with Gasteiger partial charge in [-0.2, -0.15) is 8.42 Å². The maximum atomic E-state index is 14.7. The number of carboxylic acid groups (broad SMARTS) is 1. The number of hydrogen-bond donors (Lipinski definition) is 10. The lowest BCUT2D eigenvalue weighted by atomic mass is 10.0. The highest BCUT2D eigenvalue weighted by molar-refractivity contribution is 7.81. The third kappa shape index (κ3) is 21.2. The number of carboxylic acids is 1. The molecule has 0 bridgehead atoms. The predicted molar refractivity (Wildman–Crippen MR) is 285 cm³/mol. The fourth-order valence-electron chi connectivity index (χ4n) is 8.21. The quantitative estimate of drug-likeness (QED) is 0.0204. The van der Waals surface area contributed by atoms with Crippen LogP contribution in [0.3, 0.4) is 0 Å². The van der Waals surface area contributed by atoms with Crippen LogP contribution >= 0.6 is 0 Å². The molecule has 11 N–H and O–H groups in total. The summed E-state index contributed by atoms with van der Waals surface area (Å²) in [7, 11) is -3.50. The minimum atomic E-state index is -4.82. The monoisotopic (exact) mass is 1110 g/mol. The molecule has 8 amide bonds. The molecule has 6 atom stereocenters. The lowest BCUT2D eigenvalue weighted by Gasteiger charge is -2.32. The number of aromatic nitrogens is 1. The number of nitrogens with one attached hydrogen (secondary N) is 7. The Morgan fingerprint density at radius 3 is 1.87 bits per heavy atom. The molecule has 25 heteroatoms. The molecule has 0 saturated heterocycles. The van der Waals surface area contributed by atoms with Gasteiger partial charge in [0.2, 0.25) is 41.4 Å². The highest BCUT2D eigenvalue weighted by atomic mass is 32.3. The number of amides is 8. The van der Waals surface area contributed by atoms with Gasteiger partial charge in [0.05, 0.1) is 6.42 Å². The second-order valence-corrected chi connectivity index (χ2v) is 20.6. The normalized spacial score (nSPS) is 13.7. The Kier molecular flexibility index (Phi) is 23.6. The van der Waals surface area contributed by atoms with Crippen molar-refractivity contribution in [2.24, 2.45) is 5.73 Å². The van der Waals surface area contributed by atoms with Gasteiger partial charge in [-0.25, -0.2) is 4.79 Å². The molecular formula is C53H71N9O15S. The zero-order chi connectivity index (χ0) is 57.7. The number of ether oxygens (including phenoxy) is 1. The van der Waals surface area contributed by atoms with Gasteiger partial charge in [-0.05, 0) is 74.9 Å². The summed E-state index contributed by atoms with van der Waals surface area (Å²) >= 11 is 0. The average molecular weight is 1110 g/mol. The molecule has 1 heterocycles. The highest BCUT2D eigenvalue weighted by Crippen LogP contribution is 2.22. The van der Waals surface area contributed by atoms with Gasteiger partial charge >= 0.3 is 22.5 Å². The number of carbonyl (C=O) groups excluding carboxylic acids is 8. The molecule has 78 heavy (non-hydrogen) atoms. The summed E-state index contributed by atoms with van der Waals surface area (Å²) in [6.07, 6.45) is -0.174. The molecule has 0 aliphatic heterocycles. The predicted octanol–water partition coefficient (Wildman–Crippen LogP) is 2.84. The molecule has 0 saturated carbocycles. The van der Waals surface area contributed by atoms with E-state index in [-0.39, 0.29) is 37.9 Å². The van der Waals surface area contributed by atoms with Crippen LogP contribution in [0.4, 0.5) is 4.79 Å². The number of benzene rings is 3. The van der Waals surface area contributed by atoms with E-state index in [2.05, 4.69) is 41.1 Å². The van der Waals surface area contributed by atoms with Gasteiger partial charge < -0.3 is 61.5 Å². The second kappa shape index (κ2) is 29.5. The third-order valence-corrected chi connectivity index (χ3v) is 12.4. The summed E-state index contributed by atoms with van der Waals surface area (Å²) in [6.45, 7) is 8.57. The number of alkyl carbamates (subject to hydrolysis) is 1. The number of likely N-dealkylation sites (N-methyl/N-ethyl adjacent to an activating group) is 1. The van der Waals surface area contributed by atoms with Crippen molar-refractivity contribution in [2.45, 2.75) is 147 Å². The number of H-pyrrole nitrogens is 1. The lowest BCUT2D eigenvalue weighted by Crippen LogP contribution is -2.59. The number of hydrogen-bond acceptors (Lipinski definition) is 13. The molecule has 424 valence electrons. The Hall–Kier alpha value is -8.06. The Bertz CT molecular complexity index is 2840. The highest BCUT2D eigenvalue weighted by Gasteiger charge is 2.36. The van der Waals surface area contributed by atoms with Crippen molar-refractivity contribution in [3.05, 3.63) is 102 Å². The summed E-state index contributed by atoms with van der Waals surface area (Å²) in [6, 6.07) is 14.0. The van der Waals surface area contributed by atoms with Crippen LogP contribution in [0.2, 0.25) is 0 Å². The van der Waals surface area contributed by atoms with Crippen LogP contribution in [0.1, 0.15) is 103 Å². The number of unbranched alkanes of at least 4 members (excludes halogenated alkanes) is 2. The van der Waals surface area contributed by atoms with Gasteiger partial charge in [-0.3, -0.25) is 42.9 Å². The number of primary amides is 1. The summed E-state index contributed by atoms with van der Waals surface area (Å²) < 4.78 is 41.3. The van der Waals surface area contributed by atoms with E-state index < -0.39 is 119 Å². The fraction of sp³-hybridized carbons (Fsp3) is 0.453. The number of rotatable bonds is 30. The van der Waals surface area contributed by atoms with E-state index in [1.54, 1.807) is 81.6 Å². The van der Waals surface area contributed by atoms with E-state index >= 15 is 0 Å². The standard InChI is InChI=1S/C53H71N9O15S/c1-7-9-20-42(50(70)58-40(29-46(65)66)48(68)57-38(47(54)67)26-32-16-12-11-13-17-32)62(6)51(71)41(28-34-31-55-37-19-15-14-18-36(34)37)56-44(63)30-45(64)60-43(21-10-8-2)61-49(69)39(59-52(72)76-53(3,4)5)27-33-22-24-35(25-23-33)77-78(73,74)75/h11-19,22-25,31,38-43,55H,7-10,20-21,26-30H2,1-6H3,(H2,54,67)(H,56,63)(H,57,68)(H,58,70)(H,59,72)(H,60,64)(H,61,69)(H,65,66)(H,73,74,75). The van der Waals surface area contributed by atoms with E-state index in [1.165, 1.54) is 31.3 Å². The SMILES string of the molecule is CCCCC(NC(=O)CC(=O)NC(Cc1c[nH]c2ccccc12)C(=O)N(C)C(CCCC)C(=O)NC(CC(=O)O)C(=O)NC(Cc1ccccc1)C(N)=O)NC(=O)C(Cc1ccc(OS(=O)(=O)O)cc1)NC(=O)OC(C)(C)C. The molecule has 0 fully saturated rings. The van der Waals surface area contributed by atoms with E-state index in [0.717, 1.165) is 10.4 Å². The smallest absolute Gasteiger partial charge is 0.446 e. The van der Waals surface area contributed by atoms with E-state index in [9.17, 15) is 56.7 Å². The summed E-state index contributed by atoms with van der Waals surface area (Å²) in [5.74, 6) is -7.83. The minimum Gasteiger partial charge on any atom is -0.481 e. The molecule has 4 aromatic rings. The first-order chi connectivity index (χ1) is 36.7. The topological polar surface area (TPSA) is 364 Å². The maximum absolute atomic E-state index is 14.7. The molecule has 24 nitrogen and oxygen atoms in total. The first-order valence-corrected chi connectivity index (χ1v) is 26.7. The van der Waals surface area contributed by atoms with E-state index in [1.807, 2.05) is 13.8 Å². The van der Waals surface area contributed by atoms with Crippen molar-refractivity contribution in [3.8, 4) is 5.75 Å². The Morgan fingerprint density at radius 1 is 0.679 bits per heavy atom. The first-order valence-electron chi connectivity index (χ1n) is 25.4. The molecule has 3 aromatic carbocycles. The molecule has 0 spiro atoms. The van der Waals surface area contributed by atoms with E-state index in [4.69, 9.17) is 15.0 Å². The Labute approximate surface area is 452 Å².